The van der Waals surface area contributed by atoms with E-state index < -0.39 is 0 Å². The molecule has 0 rings (SSSR count). The molecule has 3 N–H and O–H groups in total. The molecule has 2 unspecified atom stereocenters. The molecule has 0 aliphatic rings. The van der Waals surface area contributed by atoms with E-state index in [2.05, 4.69) is 5.32 Å². The monoisotopic (exact) mass is 240 g/mol. The molecule has 0 heterocycles. The summed E-state index contributed by atoms with van der Waals surface area (Å²) >= 11 is 1.69. The first-order chi connectivity index (χ1) is 6.11. The summed E-state index contributed by atoms with van der Waals surface area (Å²) in [6.45, 7) is 5.28. The molecule has 86 valence electrons. The lowest BCUT2D eigenvalue weighted by atomic mass is 10.1. The molecule has 0 spiro atoms. The van der Waals surface area contributed by atoms with E-state index in [1.54, 1.807) is 11.8 Å². The van der Waals surface area contributed by atoms with Crippen LogP contribution in [0, 0.1) is 11.8 Å². The Morgan fingerprint density at radius 3 is 2.50 bits per heavy atom. The zero-order valence-corrected chi connectivity index (χ0v) is 10.7. The minimum Gasteiger partial charge on any atom is -0.356 e. The Bertz CT molecular complexity index is 158. The molecule has 5 heteroatoms. The third-order valence-corrected chi connectivity index (χ3v) is 2.72. The maximum Gasteiger partial charge on any atom is 0.223 e. The standard InChI is InChI=1S/C9H20N2OS.ClH/c1-7(4-10)5-11-9(12)8(2)6-13-3;/h7-8H,4-6,10H2,1-3H3,(H,11,12);1H. The van der Waals surface area contributed by atoms with Gasteiger partial charge < -0.3 is 11.1 Å². The molecular weight excluding hydrogens is 220 g/mol. The largest absolute Gasteiger partial charge is 0.356 e. The Hall–Kier alpha value is 0.0700. The summed E-state index contributed by atoms with van der Waals surface area (Å²) in [4.78, 5) is 11.4. The number of amides is 1. The first kappa shape index (κ1) is 16.5. The minimum absolute atomic E-state index is 0. The predicted molar refractivity (Wildman–Crippen MR) is 66.0 cm³/mol. The van der Waals surface area contributed by atoms with Crippen molar-refractivity contribution in [2.24, 2.45) is 17.6 Å². The van der Waals surface area contributed by atoms with Gasteiger partial charge in [0.25, 0.3) is 0 Å². The number of hydrogen-bond acceptors (Lipinski definition) is 3. The van der Waals surface area contributed by atoms with Gasteiger partial charge in [-0.05, 0) is 18.7 Å². The number of rotatable bonds is 6. The molecule has 1 amide bonds. The van der Waals surface area contributed by atoms with Gasteiger partial charge in [-0.25, -0.2) is 0 Å². The SMILES string of the molecule is CSCC(C)C(=O)NCC(C)CN.Cl. The van der Waals surface area contributed by atoms with E-state index in [0.717, 1.165) is 5.75 Å². The van der Waals surface area contributed by atoms with Crippen LogP contribution < -0.4 is 11.1 Å². The smallest absolute Gasteiger partial charge is 0.223 e. The number of carbonyl (C=O) groups excluding carboxylic acids is 1. The third kappa shape index (κ3) is 7.47. The maximum atomic E-state index is 11.4. The molecule has 14 heavy (non-hydrogen) atoms. The Morgan fingerprint density at radius 1 is 1.50 bits per heavy atom. The molecule has 0 saturated carbocycles. The van der Waals surface area contributed by atoms with Gasteiger partial charge in [-0.15, -0.1) is 12.4 Å². The third-order valence-electron chi connectivity index (χ3n) is 1.89. The van der Waals surface area contributed by atoms with Crippen molar-refractivity contribution in [2.75, 3.05) is 25.1 Å². The second kappa shape index (κ2) is 9.62. The lowest BCUT2D eigenvalue weighted by molar-refractivity contribution is -0.123. The summed E-state index contributed by atoms with van der Waals surface area (Å²) < 4.78 is 0. The Morgan fingerprint density at radius 2 is 2.07 bits per heavy atom. The number of halogens is 1. The summed E-state index contributed by atoms with van der Waals surface area (Å²) in [5.74, 6) is 1.48. The van der Waals surface area contributed by atoms with E-state index in [1.165, 1.54) is 0 Å². The highest BCUT2D eigenvalue weighted by molar-refractivity contribution is 7.98. The highest BCUT2D eigenvalue weighted by atomic mass is 35.5. The highest BCUT2D eigenvalue weighted by Gasteiger charge is 2.11. The average molecular weight is 241 g/mol. The first-order valence-corrected chi connectivity index (χ1v) is 5.97. The van der Waals surface area contributed by atoms with Crippen molar-refractivity contribution in [1.29, 1.82) is 0 Å². The van der Waals surface area contributed by atoms with Crippen LogP contribution in [-0.4, -0.2) is 31.0 Å². The van der Waals surface area contributed by atoms with Crippen LogP contribution in [0.1, 0.15) is 13.8 Å². The number of hydrogen-bond donors (Lipinski definition) is 2. The van der Waals surface area contributed by atoms with Gasteiger partial charge in [-0.1, -0.05) is 13.8 Å². The number of thioether (sulfide) groups is 1. The Kier molecular flexibility index (Phi) is 11.3. The van der Waals surface area contributed by atoms with Crippen molar-refractivity contribution in [1.82, 2.24) is 5.32 Å². The number of nitrogens with two attached hydrogens (primary N) is 1. The van der Waals surface area contributed by atoms with Crippen molar-refractivity contribution in [3.8, 4) is 0 Å². The molecule has 2 atom stereocenters. The zero-order valence-electron chi connectivity index (χ0n) is 9.08. The molecule has 3 nitrogen and oxygen atoms in total. The summed E-state index contributed by atoms with van der Waals surface area (Å²) in [5, 5.41) is 2.89. The molecule has 0 saturated heterocycles. The highest BCUT2D eigenvalue weighted by Crippen LogP contribution is 2.04. The van der Waals surface area contributed by atoms with E-state index >= 15 is 0 Å². The molecule has 0 aromatic carbocycles. The van der Waals surface area contributed by atoms with Crippen LogP contribution in [0.25, 0.3) is 0 Å². The summed E-state index contributed by atoms with van der Waals surface area (Å²) in [7, 11) is 0. The van der Waals surface area contributed by atoms with E-state index in [-0.39, 0.29) is 24.2 Å². The van der Waals surface area contributed by atoms with Crippen LogP contribution in [0.15, 0.2) is 0 Å². The van der Waals surface area contributed by atoms with Crippen molar-refractivity contribution >= 4 is 30.1 Å². The fourth-order valence-corrected chi connectivity index (χ4v) is 1.51. The van der Waals surface area contributed by atoms with Crippen molar-refractivity contribution in [3.05, 3.63) is 0 Å². The van der Waals surface area contributed by atoms with Crippen molar-refractivity contribution < 1.29 is 4.79 Å². The van der Waals surface area contributed by atoms with Crippen LogP contribution in [0.4, 0.5) is 0 Å². The Labute approximate surface area is 97.0 Å². The fraction of sp³-hybridized carbons (Fsp3) is 0.889. The van der Waals surface area contributed by atoms with E-state index in [9.17, 15) is 4.79 Å². The predicted octanol–water partition coefficient (Wildman–Crippen LogP) is 1.12. The lowest BCUT2D eigenvalue weighted by Crippen LogP contribution is -2.35. The van der Waals surface area contributed by atoms with E-state index in [1.807, 2.05) is 20.1 Å². The summed E-state index contributed by atoms with van der Waals surface area (Å²) in [6.07, 6.45) is 2.01. The van der Waals surface area contributed by atoms with Gasteiger partial charge in [0.1, 0.15) is 0 Å². The van der Waals surface area contributed by atoms with Gasteiger partial charge >= 0.3 is 0 Å². The van der Waals surface area contributed by atoms with Crippen molar-refractivity contribution in [2.45, 2.75) is 13.8 Å². The molecular formula is C9H21ClN2OS. The van der Waals surface area contributed by atoms with E-state index in [0.29, 0.717) is 19.0 Å². The molecule has 0 aliphatic heterocycles. The van der Waals surface area contributed by atoms with Crippen LogP contribution in [0.3, 0.4) is 0 Å². The van der Waals surface area contributed by atoms with Crippen LogP contribution in [0.5, 0.6) is 0 Å². The van der Waals surface area contributed by atoms with Crippen molar-refractivity contribution in [3.63, 3.8) is 0 Å². The zero-order chi connectivity index (χ0) is 10.3. The molecule has 0 aromatic heterocycles. The van der Waals surface area contributed by atoms with Gasteiger partial charge in [0, 0.05) is 18.2 Å². The van der Waals surface area contributed by atoms with Gasteiger partial charge in [-0.3, -0.25) is 4.79 Å². The second-order valence-electron chi connectivity index (χ2n) is 3.44. The summed E-state index contributed by atoms with van der Waals surface area (Å²) in [6, 6.07) is 0. The first-order valence-electron chi connectivity index (χ1n) is 4.58. The summed E-state index contributed by atoms with van der Waals surface area (Å²) in [5.41, 5.74) is 5.44. The number of carbonyl (C=O) groups is 1. The molecule has 0 aliphatic carbocycles. The maximum absolute atomic E-state index is 11.4. The van der Waals surface area contributed by atoms with Crippen LogP contribution in [-0.2, 0) is 4.79 Å². The molecule has 0 aromatic rings. The van der Waals surface area contributed by atoms with Gasteiger partial charge in [-0.2, -0.15) is 11.8 Å². The number of nitrogens with one attached hydrogen (secondary N) is 1. The Balaban J connectivity index is 0. The second-order valence-corrected chi connectivity index (χ2v) is 4.35. The molecule has 0 radical (unpaired) electrons. The topological polar surface area (TPSA) is 55.1 Å². The lowest BCUT2D eigenvalue weighted by Gasteiger charge is -2.13. The quantitative estimate of drug-likeness (QED) is 0.732. The average Bonchev–Trinajstić information content (AvgIpc) is 2.13. The normalized spacial score (nSPS) is 14.0. The molecule has 0 bridgehead atoms. The molecule has 0 fully saturated rings. The fourth-order valence-electron chi connectivity index (χ4n) is 0.858. The van der Waals surface area contributed by atoms with Gasteiger partial charge in [0.05, 0.1) is 0 Å². The van der Waals surface area contributed by atoms with E-state index in [4.69, 9.17) is 5.73 Å². The minimum atomic E-state index is 0. The van der Waals surface area contributed by atoms with Crippen LogP contribution >= 0.6 is 24.2 Å². The van der Waals surface area contributed by atoms with Crippen LogP contribution in [0.2, 0.25) is 0 Å². The van der Waals surface area contributed by atoms with Gasteiger partial charge in [0.2, 0.25) is 5.91 Å². The van der Waals surface area contributed by atoms with Gasteiger partial charge in [0.15, 0.2) is 0 Å².